The van der Waals surface area contributed by atoms with Crippen molar-refractivity contribution >= 4 is 23.2 Å². The van der Waals surface area contributed by atoms with Crippen LogP contribution in [0, 0.1) is 6.92 Å². The monoisotopic (exact) mass is 602 g/mol. The van der Waals surface area contributed by atoms with E-state index in [2.05, 4.69) is 14.7 Å². The summed E-state index contributed by atoms with van der Waals surface area (Å²) in [5, 5.41) is 0. The number of halogens is 9. The lowest BCUT2D eigenvalue weighted by Gasteiger charge is -2.40. The van der Waals surface area contributed by atoms with Crippen molar-refractivity contribution in [3.8, 4) is 11.5 Å². The number of fused-ring (bicyclic) bond motifs is 2. The topological polar surface area (TPSA) is 52.4 Å². The van der Waals surface area contributed by atoms with Crippen LogP contribution in [0.5, 0.6) is 11.5 Å². The molecule has 3 aromatic carbocycles. The number of rotatable bonds is 3. The minimum Gasteiger partial charge on any atom is -0.457 e. The van der Waals surface area contributed by atoms with Crippen LogP contribution in [0.1, 0.15) is 36.1 Å². The van der Waals surface area contributed by atoms with Crippen molar-refractivity contribution in [3.05, 3.63) is 82.9 Å². The van der Waals surface area contributed by atoms with Crippen LogP contribution >= 0.6 is 0 Å². The van der Waals surface area contributed by atoms with Crippen LogP contribution in [0.25, 0.3) is 0 Å². The van der Waals surface area contributed by atoms with Crippen molar-refractivity contribution in [2.75, 3.05) is 0 Å². The van der Waals surface area contributed by atoms with Crippen molar-refractivity contribution in [3.63, 3.8) is 0 Å². The van der Waals surface area contributed by atoms with Gasteiger partial charge in [-0.15, -0.1) is 0 Å². The van der Waals surface area contributed by atoms with Crippen molar-refractivity contribution < 1.29 is 53.7 Å². The zero-order chi connectivity index (χ0) is 30.9. The van der Waals surface area contributed by atoms with Gasteiger partial charge in [-0.25, -0.2) is 9.98 Å². The average Bonchev–Trinajstić information content (AvgIpc) is 2.87. The highest BCUT2D eigenvalue weighted by Gasteiger charge is 2.76. The molecule has 0 bridgehead atoms. The van der Waals surface area contributed by atoms with Gasteiger partial charge in [-0.3, -0.25) is 0 Å². The number of benzene rings is 3. The molecule has 222 valence electrons. The molecule has 0 saturated carbocycles. The average molecular weight is 602 g/mol. The molecule has 1 unspecified atom stereocenters. The summed E-state index contributed by atoms with van der Waals surface area (Å²) in [7, 11) is 0. The highest BCUT2D eigenvalue weighted by molar-refractivity contribution is 5.97. The Morgan fingerprint density at radius 2 is 1.17 bits per heavy atom. The maximum atomic E-state index is 14.4. The molecule has 3 aromatic rings. The summed E-state index contributed by atoms with van der Waals surface area (Å²) in [6.07, 6.45) is -16.9. The number of aryl methyl sites for hydroxylation is 1. The van der Waals surface area contributed by atoms with Gasteiger partial charge in [0.05, 0.1) is 11.4 Å². The van der Waals surface area contributed by atoms with Crippen LogP contribution < -0.4 is 4.74 Å². The summed E-state index contributed by atoms with van der Waals surface area (Å²) in [5.74, 6) is -2.03. The van der Waals surface area contributed by atoms with E-state index < -0.39 is 58.2 Å². The van der Waals surface area contributed by atoms with E-state index in [1.54, 1.807) is 31.2 Å². The van der Waals surface area contributed by atoms with Gasteiger partial charge in [-0.2, -0.15) is 39.5 Å². The van der Waals surface area contributed by atoms with Crippen LogP contribution in [0.15, 0.2) is 70.6 Å². The Morgan fingerprint density at radius 3 is 1.69 bits per heavy atom. The lowest BCUT2D eigenvalue weighted by molar-refractivity contribution is -0.370. The van der Waals surface area contributed by atoms with Crippen molar-refractivity contribution in [2.45, 2.75) is 50.5 Å². The SMILES string of the molecule is CC1=Nc2ccc(Oc3ccc4c(c3)C(C)(C(F)(F)F)OC(c3ccc(C)cc3)=N4)cc2C(C(F)(F)F)(C(F)(F)F)O1. The highest BCUT2D eigenvalue weighted by atomic mass is 19.4. The maximum Gasteiger partial charge on any atom is 0.442 e. The molecule has 14 heteroatoms. The van der Waals surface area contributed by atoms with Crippen LogP contribution in [0.3, 0.4) is 0 Å². The first-order valence-corrected chi connectivity index (χ1v) is 12.1. The third kappa shape index (κ3) is 4.62. The first-order valence-electron chi connectivity index (χ1n) is 12.1. The van der Waals surface area contributed by atoms with E-state index in [1.165, 1.54) is 12.1 Å². The lowest BCUT2D eigenvalue weighted by Crippen LogP contribution is -2.57. The number of ether oxygens (including phenoxy) is 3. The summed E-state index contributed by atoms with van der Waals surface area (Å²) < 4.78 is 142. The maximum absolute atomic E-state index is 14.4. The smallest absolute Gasteiger partial charge is 0.442 e. The predicted octanol–water partition coefficient (Wildman–Crippen LogP) is 9.07. The van der Waals surface area contributed by atoms with Gasteiger partial charge in [0.2, 0.25) is 11.5 Å². The van der Waals surface area contributed by atoms with E-state index in [0.717, 1.165) is 37.6 Å². The van der Waals surface area contributed by atoms with Gasteiger partial charge in [0.15, 0.2) is 5.90 Å². The zero-order valence-electron chi connectivity index (χ0n) is 21.8. The fraction of sp³-hybridized carbons (Fsp3) is 0.286. The Bertz CT molecular complexity index is 1590. The van der Waals surface area contributed by atoms with E-state index in [0.29, 0.717) is 6.07 Å². The number of hydrogen-bond donors (Lipinski definition) is 0. The van der Waals surface area contributed by atoms with E-state index >= 15 is 0 Å². The molecule has 0 N–H and O–H groups in total. The first kappa shape index (κ1) is 29.3. The Hall–Kier alpha value is -4.23. The van der Waals surface area contributed by atoms with Crippen molar-refractivity contribution in [1.82, 2.24) is 0 Å². The lowest BCUT2D eigenvalue weighted by atomic mass is 9.89. The molecule has 42 heavy (non-hydrogen) atoms. The minimum absolute atomic E-state index is 0.124. The van der Waals surface area contributed by atoms with E-state index in [4.69, 9.17) is 9.47 Å². The van der Waals surface area contributed by atoms with Gasteiger partial charge >= 0.3 is 24.1 Å². The fourth-order valence-electron chi connectivity index (χ4n) is 4.61. The molecule has 0 fully saturated rings. The zero-order valence-corrected chi connectivity index (χ0v) is 21.8. The number of hydrogen-bond acceptors (Lipinski definition) is 5. The molecule has 5 rings (SSSR count). The second kappa shape index (κ2) is 9.39. The largest absolute Gasteiger partial charge is 0.457 e. The van der Waals surface area contributed by atoms with Crippen molar-refractivity contribution in [1.29, 1.82) is 0 Å². The van der Waals surface area contributed by atoms with Crippen LogP contribution in [-0.4, -0.2) is 30.3 Å². The molecule has 0 aromatic heterocycles. The van der Waals surface area contributed by atoms with E-state index in [9.17, 15) is 39.5 Å². The molecular weight excluding hydrogens is 583 g/mol. The van der Waals surface area contributed by atoms with Gasteiger partial charge < -0.3 is 14.2 Å². The molecule has 2 aliphatic heterocycles. The molecule has 0 saturated heterocycles. The van der Waals surface area contributed by atoms with Gasteiger partial charge in [-0.1, -0.05) is 17.7 Å². The number of aliphatic imine (C=N–C) groups is 2. The summed E-state index contributed by atoms with van der Waals surface area (Å²) in [4.78, 5) is 7.84. The van der Waals surface area contributed by atoms with Crippen LogP contribution in [0.2, 0.25) is 0 Å². The molecular formula is C28H19F9N2O3. The van der Waals surface area contributed by atoms with E-state index in [1.807, 2.05) is 0 Å². The summed E-state index contributed by atoms with van der Waals surface area (Å²) in [6.45, 7) is 3.41. The minimum atomic E-state index is -5.96. The molecule has 2 aliphatic rings. The number of alkyl halides is 9. The Morgan fingerprint density at radius 1 is 0.643 bits per heavy atom. The molecule has 0 spiro atoms. The number of nitrogens with zero attached hydrogens (tertiary/aromatic N) is 2. The third-order valence-corrected chi connectivity index (χ3v) is 6.80. The molecule has 5 nitrogen and oxygen atoms in total. The predicted molar refractivity (Wildman–Crippen MR) is 132 cm³/mol. The van der Waals surface area contributed by atoms with Gasteiger partial charge in [-0.05, 0) is 62.4 Å². The Kier molecular flexibility index (Phi) is 6.55. The highest BCUT2D eigenvalue weighted by Crippen LogP contribution is 2.57. The van der Waals surface area contributed by atoms with Crippen molar-refractivity contribution in [2.24, 2.45) is 9.98 Å². The quantitative estimate of drug-likeness (QED) is 0.281. The Balaban J connectivity index is 1.59. The molecule has 0 radical (unpaired) electrons. The summed E-state index contributed by atoms with van der Waals surface area (Å²) in [5.41, 5.74) is -9.20. The summed E-state index contributed by atoms with van der Waals surface area (Å²) >= 11 is 0. The second-order valence-electron chi connectivity index (χ2n) is 9.79. The second-order valence-corrected chi connectivity index (χ2v) is 9.79. The van der Waals surface area contributed by atoms with Crippen LogP contribution in [0.4, 0.5) is 50.9 Å². The Labute approximate surface area is 232 Å². The third-order valence-electron chi connectivity index (χ3n) is 6.80. The fourth-order valence-corrected chi connectivity index (χ4v) is 4.61. The van der Waals surface area contributed by atoms with Gasteiger partial charge in [0.1, 0.15) is 11.5 Å². The van der Waals surface area contributed by atoms with Gasteiger partial charge in [0, 0.05) is 23.6 Å². The molecule has 1 atom stereocenters. The summed E-state index contributed by atoms with van der Waals surface area (Å²) in [6, 6.07) is 12.0. The first-order chi connectivity index (χ1) is 19.4. The van der Waals surface area contributed by atoms with E-state index in [-0.39, 0.29) is 22.9 Å². The van der Waals surface area contributed by atoms with Crippen LogP contribution in [-0.2, 0) is 20.7 Å². The molecule has 0 aliphatic carbocycles. The molecule has 0 amide bonds. The normalized spacial score (nSPS) is 19.9. The standard InChI is InChI=1S/C28H19F9N2O3/c1-14-4-6-16(7-5-14)23-39-21-10-8-17(12-19(21)24(3,42-23)26(29,30)31)40-18-9-11-22-20(13-18)25(27(32,33)34,28(35,36)37)41-15(2)38-22/h4-13H,1-3H3. The molecule has 2 heterocycles. The van der Waals surface area contributed by atoms with Gasteiger partial charge in [0.25, 0.3) is 0 Å².